The number of para-hydroxylation sites is 1. The molecule has 0 aliphatic carbocycles. The number of ether oxygens (including phenoxy) is 1. The normalized spacial score (nSPS) is 17.0. The van der Waals surface area contributed by atoms with Crippen LogP contribution in [0.2, 0.25) is 0 Å². The van der Waals surface area contributed by atoms with Crippen LogP contribution in [0.15, 0.2) is 36.8 Å². The molecule has 3 rings (SSSR count). The van der Waals surface area contributed by atoms with E-state index in [1.54, 1.807) is 6.33 Å². The van der Waals surface area contributed by atoms with Gasteiger partial charge in [0.2, 0.25) is 0 Å². The zero-order valence-electron chi connectivity index (χ0n) is 12.5. The van der Waals surface area contributed by atoms with Gasteiger partial charge in [-0.3, -0.25) is 4.90 Å². The molecule has 0 bridgehead atoms. The monoisotopic (exact) mass is 286 g/mol. The fourth-order valence-electron chi connectivity index (χ4n) is 2.57. The van der Waals surface area contributed by atoms with Gasteiger partial charge in [0.05, 0.1) is 12.0 Å². The largest absolute Gasteiger partial charge is 0.492 e. The summed E-state index contributed by atoms with van der Waals surface area (Å²) in [5, 5.41) is 0. The summed E-state index contributed by atoms with van der Waals surface area (Å²) < 4.78 is 5.98. The van der Waals surface area contributed by atoms with Crippen LogP contribution in [-0.2, 0) is 0 Å². The Labute approximate surface area is 125 Å². The zero-order valence-corrected chi connectivity index (χ0v) is 12.5. The highest BCUT2D eigenvalue weighted by molar-refractivity contribution is 5.66. The molecule has 2 aromatic rings. The smallest absolute Gasteiger partial charge is 0.128 e. The quantitative estimate of drug-likeness (QED) is 0.908. The molecule has 0 amide bonds. The number of imidazole rings is 1. The van der Waals surface area contributed by atoms with Crippen LogP contribution < -0.4 is 4.74 Å². The number of likely N-dealkylation sites (N-methyl/N-ethyl adjacent to an activating group) is 1. The van der Waals surface area contributed by atoms with E-state index in [0.29, 0.717) is 6.61 Å². The summed E-state index contributed by atoms with van der Waals surface area (Å²) in [6, 6.07) is 8.06. The van der Waals surface area contributed by atoms with Crippen LogP contribution in [0.25, 0.3) is 11.3 Å². The Hall–Kier alpha value is -1.85. The van der Waals surface area contributed by atoms with Crippen molar-refractivity contribution < 1.29 is 4.74 Å². The molecule has 21 heavy (non-hydrogen) atoms. The lowest BCUT2D eigenvalue weighted by Gasteiger charge is -2.32. The first kappa shape index (κ1) is 14.1. The zero-order chi connectivity index (χ0) is 14.5. The van der Waals surface area contributed by atoms with Gasteiger partial charge < -0.3 is 14.6 Å². The number of H-pyrrole nitrogens is 1. The van der Waals surface area contributed by atoms with Crippen LogP contribution in [0, 0.1) is 0 Å². The topological polar surface area (TPSA) is 44.4 Å². The molecule has 0 radical (unpaired) electrons. The van der Waals surface area contributed by atoms with E-state index in [-0.39, 0.29) is 0 Å². The third-order valence-corrected chi connectivity index (χ3v) is 3.92. The summed E-state index contributed by atoms with van der Waals surface area (Å²) in [6.07, 6.45) is 3.58. The predicted octanol–water partition coefficient (Wildman–Crippen LogP) is 1.70. The molecular formula is C16H22N4O. The van der Waals surface area contributed by atoms with Gasteiger partial charge in [-0.1, -0.05) is 12.1 Å². The minimum atomic E-state index is 0.713. The van der Waals surface area contributed by atoms with Gasteiger partial charge in [-0.2, -0.15) is 0 Å². The molecule has 1 saturated heterocycles. The van der Waals surface area contributed by atoms with Gasteiger partial charge >= 0.3 is 0 Å². The maximum atomic E-state index is 5.98. The van der Waals surface area contributed by atoms with Gasteiger partial charge in [0.25, 0.3) is 0 Å². The lowest BCUT2D eigenvalue weighted by molar-refractivity contribution is 0.134. The molecule has 112 valence electrons. The molecule has 2 heterocycles. The molecule has 0 saturated carbocycles. The Kier molecular flexibility index (Phi) is 4.52. The van der Waals surface area contributed by atoms with Gasteiger partial charge in [0.15, 0.2) is 0 Å². The number of rotatable bonds is 5. The summed E-state index contributed by atoms with van der Waals surface area (Å²) in [5.41, 5.74) is 1.96. The van der Waals surface area contributed by atoms with E-state index < -0.39 is 0 Å². The van der Waals surface area contributed by atoms with E-state index >= 15 is 0 Å². The van der Waals surface area contributed by atoms with Gasteiger partial charge in [-0.15, -0.1) is 0 Å². The molecule has 5 nitrogen and oxygen atoms in total. The number of aromatic amines is 1. The molecule has 0 spiro atoms. The van der Waals surface area contributed by atoms with Gasteiger partial charge in [-0.05, 0) is 19.2 Å². The second-order valence-corrected chi connectivity index (χ2v) is 5.44. The summed E-state index contributed by atoms with van der Waals surface area (Å²) >= 11 is 0. The Bertz CT molecular complexity index is 547. The fourth-order valence-corrected chi connectivity index (χ4v) is 2.57. The summed E-state index contributed by atoms with van der Waals surface area (Å²) in [7, 11) is 2.17. The molecule has 1 aliphatic heterocycles. The van der Waals surface area contributed by atoms with Crippen LogP contribution in [-0.4, -0.2) is 66.1 Å². The third-order valence-electron chi connectivity index (χ3n) is 3.92. The second-order valence-electron chi connectivity index (χ2n) is 5.44. The van der Waals surface area contributed by atoms with Crippen molar-refractivity contribution >= 4 is 0 Å². The molecule has 1 N–H and O–H groups in total. The predicted molar refractivity (Wildman–Crippen MR) is 83.5 cm³/mol. The number of benzene rings is 1. The number of piperazine rings is 1. The molecule has 5 heteroatoms. The number of hydrogen-bond acceptors (Lipinski definition) is 4. The van der Waals surface area contributed by atoms with E-state index in [1.165, 1.54) is 0 Å². The minimum Gasteiger partial charge on any atom is -0.492 e. The van der Waals surface area contributed by atoms with Crippen molar-refractivity contribution in [2.24, 2.45) is 0 Å². The SMILES string of the molecule is CN1CCN(CCOc2ccccc2-c2c[nH]cn2)CC1. The number of hydrogen-bond donors (Lipinski definition) is 1. The highest BCUT2D eigenvalue weighted by atomic mass is 16.5. The Morgan fingerprint density at radius 3 is 2.76 bits per heavy atom. The molecule has 1 aromatic heterocycles. The van der Waals surface area contributed by atoms with Crippen molar-refractivity contribution in [2.45, 2.75) is 0 Å². The average molecular weight is 286 g/mol. The summed E-state index contributed by atoms with van der Waals surface area (Å²) in [4.78, 5) is 12.1. The lowest BCUT2D eigenvalue weighted by atomic mass is 10.1. The first-order valence-electron chi connectivity index (χ1n) is 7.45. The maximum absolute atomic E-state index is 5.98. The lowest BCUT2D eigenvalue weighted by Crippen LogP contribution is -2.45. The highest BCUT2D eigenvalue weighted by Crippen LogP contribution is 2.27. The third kappa shape index (κ3) is 3.62. The Morgan fingerprint density at radius 2 is 2.00 bits per heavy atom. The van der Waals surface area contributed by atoms with Crippen molar-refractivity contribution in [2.75, 3.05) is 46.4 Å². The van der Waals surface area contributed by atoms with Gasteiger partial charge in [0.1, 0.15) is 12.4 Å². The van der Waals surface area contributed by atoms with Crippen LogP contribution in [0.4, 0.5) is 0 Å². The summed E-state index contributed by atoms with van der Waals surface area (Å²) in [5.74, 6) is 0.902. The van der Waals surface area contributed by atoms with Crippen molar-refractivity contribution in [3.05, 3.63) is 36.8 Å². The Balaban J connectivity index is 1.56. The summed E-state index contributed by atoms with van der Waals surface area (Å²) in [6.45, 7) is 6.23. The van der Waals surface area contributed by atoms with E-state index in [1.807, 2.05) is 30.5 Å². The van der Waals surface area contributed by atoms with E-state index in [4.69, 9.17) is 4.74 Å². The number of nitrogens with one attached hydrogen (secondary N) is 1. The van der Waals surface area contributed by atoms with Crippen molar-refractivity contribution in [1.82, 2.24) is 19.8 Å². The molecule has 1 aliphatic rings. The highest BCUT2D eigenvalue weighted by Gasteiger charge is 2.14. The second kappa shape index (κ2) is 6.74. The van der Waals surface area contributed by atoms with Gasteiger partial charge in [0, 0.05) is 44.5 Å². The van der Waals surface area contributed by atoms with Crippen molar-refractivity contribution in [3.8, 4) is 17.0 Å². The number of nitrogens with zero attached hydrogens (tertiary/aromatic N) is 3. The van der Waals surface area contributed by atoms with Gasteiger partial charge in [-0.25, -0.2) is 4.98 Å². The van der Waals surface area contributed by atoms with Crippen molar-refractivity contribution in [1.29, 1.82) is 0 Å². The maximum Gasteiger partial charge on any atom is 0.128 e. The molecule has 1 fully saturated rings. The van der Waals surface area contributed by atoms with Crippen LogP contribution in [0.3, 0.4) is 0 Å². The molecule has 1 aromatic carbocycles. The number of aromatic nitrogens is 2. The van der Waals surface area contributed by atoms with E-state index in [9.17, 15) is 0 Å². The Morgan fingerprint density at radius 1 is 1.19 bits per heavy atom. The standard InChI is InChI=1S/C16H22N4O/c1-19-6-8-20(9-7-19)10-11-21-16-5-3-2-4-14(16)15-12-17-13-18-15/h2-5,12-13H,6-11H2,1H3,(H,17,18). The van der Waals surface area contributed by atoms with Crippen LogP contribution >= 0.6 is 0 Å². The average Bonchev–Trinajstić information content (AvgIpc) is 3.04. The van der Waals surface area contributed by atoms with Crippen molar-refractivity contribution in [3.63, 3.8) is 0 Å². The molecule has 0 unspecified atom stereocenters. The fraction of sp³-hybridized carbons (Fsp3) is 0.438. The minimum absolute atomic E-state index is 0.713. The first-order chi connectivity index (χ1) is 10.3. The molecule has 0 atom stereocenters. The first-order valence-corrected chi connectivity index (χ1v) is 7.45. The van der Waals surface area contributed by atoms with Crippen LogP contribution in [0.1, 0.15) is 0 Å². The van der Waals surface area contributed by atoms with E-state index in [0.717, 1.165) is 49.7 Å². The van der Waals surface area contributed by atoms with Crippen LogP contribution in [0.5, 0.6) is 5.75 Å². The van der Waals surface area contributed by atoms with E-state index in [2.05, 4.69) is 26.8 Å². The molecular weight excluding hydrogens is 264 g/mol.